The van der Waals surface area contributed by atoms with Gasteiger partial charge in [0.2, 0.25) is 0 Å². The van der Waals surface area contributed by atoms with Crippen molar-refractivity contribution in [2.24, 2.45) is 0 Å². The monoisotopic (exact) mass is 325 g/mol. The fraction of sp³-hybridized carbons (Fsp3) is 0.111. The SMILES string of the molecule is O=C(NCCOc1ccc(F)cc1)c1cc(-c2ccccc2)n[nH]1. The smallest absolute Gasteiger partial charge is 0.269 e. The van der Waals surface area contributed by atoms with Crippen LogP contribution in [0, 0.1) is 5.82 Å². The Bertz CT molecular complexity index is 801. The molecule has 6 heteroatoms. The highest BCUT2D eigenvalue weighted by molar-refractivity contribution is 5.93. The van der Waals surface area contributed by atoms with E-state index in [0.717, 1.165) is 5.56 Å². The summed E-state index contributed by atoms with van der Waals surface area (Å²) in [6.07, 6.45) is 0. The Kier molecular flexibility index (Phi) is 4.86. The van der Waals surface area contributed by atoms with E-state index in [0.29, 0.717) is 23.7 Å². The molecule has 0 saturated carbocycles. The molecule has 0 atom stereocenters. The Hall–Kier alpha value is -3.15. The van der Waals surface area contributed by atoms with Gasteiger partial charge in [0.15, 0.2) is 0 Å². The third-order valence-electron chi connectivity index (χ3n) is 3.36. The zero-order valence-corrected chi connectivity index (χ0v) is 12.8. The van der Waals surface area contributed by atoms with Crippen LogP contribution in [0.4, 0.5) is 4.39 Å². The summed E-state index contributed by atoms with van der Waals surface area (Å²) in [4.78, 5) is 12.1. The second kappa shape index (κ2) is 7.41. The highest BCUT2D eigenvalue weighted by Gasteiger charge is 2.10. The number of hydrogen-bond acceptors (Lipinski definition) is 3. The highest BCUT2D eigenvalue weighted by atomic mass is 19.1. The number of amides is 1. The van der Waals surface area contributed by atoms with Gasteiger partial charge < -0.3 is 10.1 Å². The molecule has 2 N–H and O–H groups in total. The Morgan fingerprint density at radius 1 is 1.12 bits per heavy atom. The van der Waals surface area contributed by atoms with Crippen LogP contribution in [0.5, 0.6) is 5.75 Å². The molecule has 3 rings (SSSR count). The van der Waals surface area contributed by atoms with Crippen molar-refractivity contribution >= 4 is 5.91 Å². The maximum absolute atomic E-state index is 12.8. The summed E-state index contributed by atoms with van der Waals surface area (Å²) in [6.45, 7) is 0.618. The lowest BCUT2D eigenvalue weighted by molar-refractivity contribution is 0.0942. The Balaban J connectivity index is 1.49. The van der Waals surface area contributed by atoms with Crippen LogP contribution < -0.4 is 10.1 Å². The lowest BCUT2D eigenvalue weighted by Crippen LogP contribution is -2.28. The molecular weight excluding hydrogens is 309 g/mol. The number of carbonyl (C=O) groups is 1. The lowest BCUT2D eigenvalue weighted by atomic mass is 10.1. The van der Waals surface area contributed by atoms with E-state index in [1.165, 1.54) is 24.3 Å². The van der Waals surface area contributed by atoms with Gasteiger partial charge in [-0.1, -0.05) is 30.3 Å². The molecule has 0 aliphatic heterocycles. The van der Waals surface area contributed by atoms with E-state index in [1.807, 2.05) is 30.3 Å². The van der Waals surface area contributed by atoms with Crippen molar-refractivity contribution in [2.75, 3.05) is 13.2 Å². The molecule has 0 spiro atoms. The zero-order chi connectivity index (χ0) is 16.8. The first kappa shape index (κ1) is 15.7. The summed E-state index contributed by atoms with van der Waals surface area (Å²) in [5, 5.41) is 9.60. The number of rotatable bonds is 6. The fourth-order valence-corrected chi connectivity index (χ4v) is 2.15. The molecule has 0 fully saturated rings. The number of halogens is 1. The number of H-pyrrole nitrogens is 1. The summed E-state index contributed by atoms with van der Waals surface area (Å²) in [5.74, 6) is -0.0185. The summed E-state index contributed by atoms with van der Waals surface area (Å²) < 4.78 is 18.2. The predicted molar refractivity (Wildman–Crippen MR) is 88.3 cm³/mol. The van der Waals surface area contributed by atoms with Crippen LogP contribution in [0.25, 0.3) is 11.3 Å². The van der Waals surface area contributed by atoms with Crippen LogP contribution in [0.3, 0.4) is 0 Å². The van der Waals surface area contributed by atoms with Crippen LogP contribution in [0.2, 0.25) is 0 Å². The number of aromatic nitrogens is 2. The average molecular weight is 325 g/mol. The standard InChI is InChI=1S/C18H16FN3O2/c19-14-6-8-15(9-7-14)24-11-10-20-18(23)17-12-16(21-22-17)13-4-2-1-3-5-13/h1-9,12H,10-11H2,(H,20,23)(H,21,22). The second-order valence-corrected chi connectivity index (χ2v) is 5.09. The molecule has 1 amide bonds. The Labute approximate surface area is 138 Å². The van der Waals surface area contributed by atoms with Crippen molar-refractivity contribution in [3.05, 3.63) is 72.2 Å². The van der Waals surface area contributed by atoms with Crippen molar-refractivity contribution in [1.82, 2.24) is 15.5 Å². The van der Waals surface area contributed by atoms with Crippen molar-refractivity contribution in [1.29, 1.82) is 0 Å². The summed E-state index contributed by atoms with van der Waals surface area (Å²) in [5.41, 5.74) is 2.03. The van der Waals surface area contributed by atoms with Gasteiger partial charge in [0.1, 0.15) is 23.9 Å². The highest BCUT2D eigenvalue weighted by Crippen LogP contribution is 2.16. The molecule has 3 aromatic rings. The van der Waals surface area contributed by atoms with Gasteiger partial charge in [-0.2, -0.15) is 5.10 Å². The van der Waals surface area contributed by atoms with E-state index in [9.17, 15) is 9.18 Å². The summed E-state index contributed by atoms with van der Waals surface area (Å²) >= 11 is 0. The van der Waals surface area contributed by atoms with E-state index in [1.54, 1.807) is 6.07 Å². The molecule has 0 saturated heterocycles. The van der Waals surface area contributed by atoms with Crippen LogP contribution in [0.1, 0.15) is 10.5 Å². The van der Waals surface area contributed by atoms with Crippen molar-refractivity contribution in [3.8, 4) is 17.0 Å². The van der Waals surface area contributed by atoms with Gasteiger partial charge in [-0.3, -0.25) is 9.89 Å². The lowest BCUT2D eigenvalue weighted by Gasteiger charge is -2.06. The van der Waals surface area contributed by atoms with E-state index in [4.69, 9.17) is 4.74 Å². The van der Waals surface area contributed by atoms with Gasteiger partial charge in [0, 0.05) is 5.56 Å². The first-order chi connectivity index (χ1) is 11.7. The number of aromatic amines is 1. The van der Waals surface area contributed by atoms with Gasteiger partial charge in [0.25, 0.3) is 5.91 Å². The molecule has 24 heavy (non-hydrogen) atoms. The van der Waals surface area contributed by atoms with Crippen LogP contribution in [0.15, 0.2) is 60.7 Å². The topological polar surface area (TPSA) is 67.0 Å². The van der Waals surface area contributed by atoms with Gasteiger partial charge in [-0.25, -0.2) is 4.39 Å². The quantitative estimate of drug-likeness (QED) is 0.685. The van der Waals surface area contributed by atoms with Gasteiger partial charge >= 0.3 is 0 Å². The number of nitrogens with zero attached hydrogens (tertiary/aromatic N) is 1. The fourth-order valence-electron chi connectivity index (χ4n) is 2.15. The number of hydrogen-bond donors (Lipinski definition) is 2. The third kappa shape index (κ3) is 3.98. The first-order valence-electron chi connectivity index (χ1n) is 7.50. The van der Waals surface area contributed by atoms with E-state index in [2.05, 4.69) is 15.5 Å². The van der Waals surface area contributed by atoms with Crippen LogP contribution in [-0.2, 0) is 0 Å². The van der Waals surface area contributed by atoms with Gasteiger partial charge in [0.05, 0.1) is 12.2 Å². The molecule has 0 unspecified atom stereocenters. The molecule has 0 radical (unpaired) electrons. The molecule has 122 valence electrons. The minimum atomic E-state index is -0.316. The predicted octanol–water partition coefficient (Wildman–Crippen LogP) is 3.02. The molecule has 2 aromatic carbocycles. The third-order valence-corrected chi connectivity index (χ3v) is 3.36. The normalized spacial score (nSPS) is 10.4. The second-order valence-electron chi connectivity index (χ2n) is 5.09. The van der Waals surface area contributed by atoms with E-state index < -0.39 is 0 Å². The van der Waals surface area contributed by atoms with Crippen LogP contribution in [-0.4, -0.2) is 29.3 Å². The summed E-state index contributed by atoms with van der Waals surface area (Å²) in [6, 6.07) is 17.0. The van der Waals surface area contributed by atoms with Crippen molar-refractivity contribution in [3.63, 3.8) is 0 Å². The number of ether oxygens (including phenoxy) is 1. The van der Waals surface area contributed by atoms with Crippen molar-refractivity contribution < 1.29 is 13.9 Å². The zero-order valence-electron chi connectivity index (χ0n) is 12.8. The molecule has 1 aromatic heterocycles. The molecule has 1 heterocycles. The molecule has 0 aliphatic rings. The van der Waals surface area contributed by atoms with Crippen molar-refractivity contribution in [2.45, 2.75) is 0 Å². The summed E-state index contributed by atoms with van der Waals surface area (Å²) in [7, 11) is 0. The van der Waals surface area contributed by atoms with Crippen LogP contribution >= 0.6 is 0 Å². The van der Waals surface area contributed by atoms with Gasteiger partial charge in [-0.05, 0) is 30.3 Å². The maximum atomic E-state index is 12.8. The van der Waals surface area contributed by atoms with E-state index >= 15 is 0 Å². The first-order valence-corrected chi connectivity index (χ1v) is 7.50. The Morgan fingerprint density at radius 3 is 2.62 bits per heavy atom. The Morgan fingerprint density at radius 2 is 1.88 bits per heavy atom. The molecule has 0 aliphatic carbocycles. The van der Waals surface area contributed by atoms with E-state index in [-0.39, 0.29) is 18.3 Å². The molecule has 0 bridgehead atoms. The minimum absolute atomic E-state index is 0.257. The molecule has 5 nitrogen and oxygen atoms in total. The number of benzene rings is 2. The minimum Gasteiger partial charge on any atom is -0.492 e. The average Bonchev–Trinajstić information content (AvgIpc) is 3.11. The maximum Gasteiger partial charge on any atom is 0.269 e. The number of nitrogens with one attached hydrogen (secondary N) is 2. The van der Waals surface area contributed by atoms with Gasteiger partial charge in [-0.15, -0.1) is 0 Å². The molecular formula is C18H16FN3O2. The largest absolute Gasteiger partial charge is 0.492 e. The number of carbonyl (C=O) groups excluding carboxylic acids is 1.